The largest absolute Gasteiger partial charge is 0.475 e. The fraction of sp³-hybridized carbons (Fsp3) is 0.833. The number of aliphatic carboxylic acids is 1. The van der Waals surface area contributed by atoms with Crippen molar-refractivity contribution in [1.82, 2.24) is 4.72 Å². The summed E-state index contributed by atoms with van der Waals surface area (Å²) in [6.07, 6.45) is -6.61. The fourth-order valence-corrected chi connectivity index (χ4v) is 5.99. The van der Waals surface area contributed by atoms with Crippen molar-refractivity contribution in [1.29, 1.82) is 0 Å². The van der Waals surface area contributed by atoms with E-state index < -0.39 is 110 Å². The van der Waals surface area contributed by atoms with Gasteiger partial charge in [-0.1, -0.05) is 6.92 Å². The van der Waals surface area contributed by atoms with Gasteiger partial charge in [-0.25, -0.2) is 13.2 Å². The Labute approximate surface area is 229 Å². The quantitative estimate of drug-likeness (QED) is 0.107. The third-order valence-corrected chi connectivity index (χ3v) is 7.82. The maximum absolute atomic E-state index is 11.5. The van der Waals surface area contributed by atoms with E-state index in [1.54, 1.807) is 4.72 Å². The van der Waals surface area contributed by atoms with Gasteiger partial charge in [0.15, 0.2) is 11.7 Å². The van der Waals surface area contributed by atoms with Crippen molar-refractivity contribution in [2.75, 3.05) is 19.8 Å². The molecule has 0 amide bonds. The summed E-state index contributed by atoms with van der Waals surface area (Å²) in [5.41, 5.74) is -5.60. The van der Waals surface area contributed by atoms with Crippen molar-refractivity contribution in [3.63, 3.8) is 0 Å². The smallest absolute Gasteiger partial charge is 0.397 e. The van der Waals surface area contributed by atoms with Crippen LogP contribution in [0.1, 0.15) is 27.7 Å². The molecule has 0 bridgehead atoms. The highest BCUT2D eigenvalue weighted by molar-refractivity contribution is 7.83. The lowest BCUT2D eigenvalue weighted by atomic mass is 9.70. The van der Waals surface area contributed by atoms with Gasteiger partial charge < -0.3 is 29.5 Å². The van der Waals surface area contributed by atoms with Gasteiger partial charge in [-0.15, -0.1) is 0 Å². The average Bonchev–Trinajstić information content (AvgIpc) is 2.74. The normalized spacial score (nSPS) is 35.0. The highest BCUT2D eigenvalue weighted by atomic mass is 32.3. The van der Waals surface area contributed by atoms with Gasteiger partial charge in [-0.3, -0.25) is 13.7 Å². The SMILES string of the molecule is CC1(C)OC(COS(=O)(=O)O)[C@@](C)(COC[C@@]2(C)OC(C(=O)O)=C[C@H](O)C2OS(=O)(=O)O)[C@H](O)C1NS(=O)(=O)O. The predicted molar refractivity (Wildman–Crippen MR) is 127 cm³/mol. The van der Waals surface area contributed by atoms with E-state index in [2.05, 4.69) is 8.37 Å². The molecule has 0 aromatic carbocycles. The molecule has 22 heteroatoms. The van der Waals surface area contributed by atoms with Crippen molar-refractivity contribution in [2.24, 2.45) is 5.41 Å². The van der Waals surface area contributed by atoms with Crippen LogP contribution in [-0.4, -0.2) is 122 Å². The van der Waals surface area contributed by atoms with E-state index in [-0.39, 0.29) is 0 Å². The van der Waals surface area contributed by atoms with Crippen LogP contribution in [0.25, 0.3) is 0 Å². The van der Waals surface area contributed by atoms with Crippen LogP contribution in [0, 0.1) is 5.41 Å². The van der Waals surface area contributed by atoms with Crippen LogP contribution in [0.5, 0.6) is 0 Å². The topological polar surface area (TPSA) is 299 Å². The second-order valence-electron chi connectivity index (χ2n) is 10.1. The summed E-state index contributed by atoms with van der Waals surface area (Å²) >= 11 is 0. The zero-order chi connectivity index (χ0) is 31.1. The van der Waals surface area contributed by atoms with E-state index in [4.69, 9.17) is 23.3 Å². The lowest BCUT2D eigenvalue weighted by molar-refractivity contribution is -0.253. The van der Waals surface area contributed by atoms with Gasteiger partial charge in [0.05, 0.1) is 43.7 Å². The van der Waals surface area contributed by atoms with Crippen LogP contribution >= 0.6 is 0 Å². The first kappa shape index (κ1) is 34.7. The highest BCUT2D eigenvalue weighted by Crippen LogP contribution is 2.43. The summed E-state index contributed by atoms with van der Waals surface area (Å²) in [7, 11) is -15.2. The monoisotopic (exact) mass is 645 g/mol. The molecule has 0 aromatic heterocycles. The molecule has 0 aliphatic carbocycles. The van der Waals surface area contributed by atoms with E-state index in [9.17, 15) is 49.9 Å². The molecule has 2 heterocycles. The molecular weight excluding hydrogens is 614 g/mol. The molecular formula is C18H31NO18S3. The number of ether oxygens (including phenoxy) is 3. The third kappa shape index (κ3) is 8.73. The van der Waals surface area contributed by atoms with Crippen LogP contribution in [-0.2, 0) is 58.5 Å². The van der Waals surface area contributed by atoms with Crippen molar-refractivity contribution in [3.8, 4) is 0 Å². The number of hydrogen-bond donors (Lipinski definition) is 7. The number of carboxylic acids is 1. The Bertz CT molecular complexity index is 1310. The zero-order valence-electron chi connectivity index (χ0n) is 21.4. The summed E-state index contributed by atoms with van der Waals surface area (Å²) in [6.45, 7) is 2.39. The molecule has 40 heavy (non-hydrogen) atoms. The number of hydrogen-bond acceptors (Lipinski definition) is 14. The molecule has 0 aromatic rings. The first-order chi connectivity index (χ1) is 17.8. The molecule has 0 spiro atoms. The first-order valence-electron chi connectivity index (χ1n) is 11.1. The van der Waals surface area contributed by atoms with E-state index in [0.29, 0.717) is 6.08 Å². The van der Waals surface area contributed by atoms with E-state index in [1.165, 1.54) is 20.8 Å². The van der Waals surface area contributed by atoms with Gasteiger partial charge in [-0.2, -0.15) is 30.0 Å². The maximum Gasteiger partial charge on any atom is 0.397 e. The molecule has 234 valence electrons. The van der Waals surface area contributed by atoms with Gasteiger partial charge in [0.25, 0.3) is 0 Å². The average molecular weight is 646 g/mol. The molecule has 7 atom stereocenters. The molecule has 2 rings (SSSR count). The molecule has 2 aliphatic rings. The van der Waals surface area contributed by atoms with Crippen LogP contribution in [0.3, 0.4) is 0 Å². The van der Waals surface area contributed by atoms with E-state index in [0.717, 1.165) is 6.92 Å². The standard InChI is InChI=1S/C18H31NO18S3/c1-16(2)12(19-38(24,25)26)13(21)17(3,11(36-16)6-34-39(27,28)29)7-33-8-18(4)14(37-40(30,31)32)9(20)5-10(35-18)15(22)23/h5,9,11-14,19-21H,6-8H2,1-4H3,(H,22,23)(H,24,25,26)(H,27,28,29)(H,30,31,32)/t9-,11?,12?,13+,14?,17+,18+/m0/s1. The van der Waals surface area contributed by atoms with Crippen molar-refractivity contribution in [2.45, 2.75) is 69.4 Å². The summed E-state index contributed by atoms with van der Waals surface area (Å²) in [5.74, 6) is -2.50. The lowest BCUT2D eigenvalue weighted by Gasteiger charge is -2.54. The van der Waals surface area contributed by atoms with Gasteiger partial charge in [0.2, 0.25) is 5.76 Å². The van der Waals surface area contributed by atoms with Gasteiger partial charge >= 0.3 is 37.1 Å². The molecule has 2 aliphatic heterocycles. The molecule has 7 N–H and O–H groups in total. The number of aliphatic hydroxyl groups excluding tert-OH is 2. The van der Waals surface area contributed by atoms with Crippen LogP contribution in [0.4, 0.5) is 0 Å². The Kier molecular flexibility index (Phi) is 10.1. The van der Waals surface area contributed by atoms with Crippen LogP contribution in [0.15, 0.2) is 11.8 Å². The highest BCUT2D eigenvalue weighted by Gasteiger charge is 2.58. The summed E-state index contributed by atoms with van der Waals surface area (Å²) < 4.78 is 123. The second-order valence-corrected chi connectivity index (χ2v) is 13.4. The lowest BCUT2D eigenvalue weighted by Crippen LogP contribution is -2.71. The van der Waals surface area contributed by atoms with E-state index >= 15 is 0 Å². The van der Waals surface area contributed by atoms with Gasteiger partial charge in [0, 0.05) is 5.41 Å². The van der Waals surface area contributed by atoms with Gasteiger partial charge in [-0.05, 0) is 26.8 Å². The van der Waals surface area contributed by atoms with Crippen LogP contribution in [0.2, 0.25) is 0 Å². The number of aliphatic hydroxyl groups is 2. The molecule has 3 unspecified atom stereocenters. The molecule has 1 saturated heterocycles. The Hall–Kier alpha value is -1.54. The maximum atomic E-state index is 11.5. The Morgan fingerprint density at radius 2 is 1.57 bits per heavy atom. The van der Waals surface area contributed by atoms with Crippen molar-refractivity contribution < 1.29 is 81.6 Å². The first-order valence-corrected chi connectivity index (χ1v) is 15.2. The predicted octanol–water partition coefficient (Wildman–Crippen LogP) is -2.57. The minimum absolute atomic E-state index is 0.607. The minimum atomic E-state index is -5.22. The Balaban J connectivity index is 2.42. The second kappa shape index (κ2) is 11.6. The minimum Gasteiger partial charge on any atom is -0.475 e. The van der Waals surface area contributed by atoms with Crippen LogP contribution < -0.4 is 4.72 Å². The fourth-order valence-electron chi connectivity index (χ4n) is 4.38. The summed E-state index contributed by atoms with van der Waals surface area (Å²) in [6, 6.07) is -1.58. The van der Waals surface area contributed by atoms with E-state index in [1.807, 2.05) is 0 Å². The number of nitrogens with one attached hydrogen (secondary N) is 1. The number of rotatable bonds is 12. The van der Waals surface area contributed by atoms with Crippen molar-refractivity contribution >= 4 is 37.1 Å². The third-order valence-electron chi connectivity index (χ3n) is 6.38. The number of carboxylic acid groups (broad SMARTS) is 1. The van der Waals surface area contributed by atoms with Gasteiger partial charge in [0.1, 0.15) is 6.10 Å². The number of carbonyl (C=O) groups is 1. The molecule has 0 saturated carbocycles. The Morgan fingerprint density at radius 1 is 1.00 bits per heavy atom. The zero-order valence-corrected chi connectivity index (χ0v) is 23.8. The summed E-state index contributed by atoms with van der Waals surface area (Å²) in [4.78, 5) is 11.4. The van der Waals surface area contributed by atoms with Crippen molar-refractivity contribution in [3.05, 3.63) is 11.8 Å². The summed E-state index contributed by atoms with van der Waals surface area (Å²) in [5, 5.41) is 30.8. The molecule has 0 radical (unpaired) electrons. The molecule has 1 fully saturated rings. The Morgan fingerprint density at radius 3 is 2.05 bits per heavy atom. The molecule has 19 nitrogen and oxygen atoms in total.